The monoisotopic (exact) mass is 342 g/mol. The van der Waals surface area contributed by atoms with Gasteiger partial charge in [0, 0.05) is 18.8 Å². The SMILES string of the molecule is CC(C)CCNS(=O)(=O)c1ccc(NCC(C)C)c(C(=O)O)c1. The van der Waals surface area contributed by atoms with E-state index in [0.29, 0.717) is 30.6 Å². The normalized spacial score (nSPS) is 11.9. The van der Waals surface area contributed by atoms with Gasteiger partial charge in [0.2, 0.25) is 10.0 Å². The Bertz CT molecular complexity index is 639. The maximum Gasteiger partial charge on any atom is 0.337 e. The van der Waals surface area contributed by atoms with Crippen molar-refractivity contribution in [3.05, 3.63) is 23.8 Å². The summed E-state index contributed by atoms with van der Waals surface area (Å²) in [6, 6.07) is 4.12. The van der Waals surface area contributed by atoms with Crippen molar-refractivity contribution in [2.75, 3.05) is 18.4 Å². The number of sulfonamides is 1. The summed E-state index contributed by atoms with van der Waals surface area (Å²) >= 11 is 0. The van der Waals surface area contributed by atoms with Crippen molar-refractivity contribution in [1.82, 2.24) is 4.72 Å². The summed E-state index contributed by atoms with van der Waals surface area (Å²) < 4.78 is 27.0. The Balaban J connectivity index is 3.00. The Morgan fingerprint density at radius 1 is 1.17 bits per heavy atom. The lowest BCUT2D eigenvalue weighted by atomic mass is 10.1. The molecule has 7 heteroatoms. The van der Waals surface area contributed by atoms with E-state index >= 15 is 0 Å². The quantitative estimate of drug-likeness (QED) is 0.641. The summed E-state index contributed by atoms with van der Waals surface area (Å²) in [5, 5.41) is 12.3. The maximum absolute atomic E-state index is 12.2. The van der Waals surface area contributed by atoms with Crippen LogP contribution in [0.4, 0.5) is 5.69 Å². The first-order valence-electron chi connectivity index (χ1n) is 7.74. The predicted molar refractivity (Wildman–Crippen MR) is 91.4 cm³/mol. The molecule has 130 valence electrons. The topological polar surface area (TPSA) is 95.5 Å². The van der Waals surface area contributed by atoms with Crippen LogP contribution in [0.3, 0.4) is 0 Å². The van der Waals surface area contributed by atoms with Crippen LogP contribution >= 0.6 is 0 Å². The summed E-state index contributed by atoms with van der Waals surface area (Å²) in [5.74, 6) is -0.428. The van der Waals surface area contributed by atoms with Crippen LogP contribution in [0.15, 0.2) is 23.1 Å². The second-order valence-electron chi connectivity index (χ2n) is 6.37. The number of rotatable bonds is 9. The van der Waals surface area contributed by atoms with Crippen LogP contribution in [0, 0.1) is 11.8 Å². The van der Waals surface area contributed by atoms with Gasteiger partial charge in [0.15, 0.2) is 0 Å². The number of anilines is 1. The molecule has 0 saturated heterocycles. The first kappa shape index (κ1) is 19.4. The van der Waals surface area contributed by atoms with Gasteiger partial charge in [0.1, 0.15) is 0 Å². The molecule has 0 fully saturated rings. The average molecular weight is 342 g/mol. The van der Waals surface area contributed by atoms with Crippen LogP contribution in [-0.4, -0.2) is 32.6 Å². The van der Waals surface area contributed by atoms with Crippen molar-refractivity contribution in [2.45, 2.75) is 39.0 Å². The molecule has 6 nitrogen and oxygen atoms in total. The standard InChI is InChI=1S/C16H26N2O4S/c1-11(2)7-8-18-23(21,22)13-5-6-15(17-10-12(3)4)14(9-13)16(19)20/h5-6,9,11-12,17-18H,7-8,10H2,1-4H3,(H,19,20). The zero-order chi connectivity index (χ0) is 17.6. The lowest BCUT2D eigenvalue weighted by Gasteiger charge is -2.14. The van der Waals surface area contributed by atoms with Crippen LogP contribution in [0.2, 0.25) is 0 Å². The fourth-order valence-electron chi connectivity index (χ4n) is 1.90. The van der Waals surface area contributed by atoms with Crippen molar-refractivity contribution in [3.63, 3.8) is 0 Å². The minimum Gasteiger partial charge on any atom is -0.478 e. The van der Waals surface area contributed by atoms with Crippen LogP contribution < -0.4 is 10.0 Å². The third-order valence-electron chi connectivity index (χ3n) is 3.25. The highest BCUT2D eigenvalue weighted by molar-refractivity contribution is 7.89. The largest absolute Gasteiger partial charge is 0.478 e. The highest BCUT2D eigenvalue weighted by Gasteiger charge is 2.18. The molecule has 0 aliphatic carbocycles. The Labute approximate surface area is 138 Å². The van der Waals surface area contributed by atoms with Gasteiger partial charge in [-0.3, -0.25) is 0 Å². The summed E-state index contributed by atoms with van der Waals surface area (Å²) in [7, 11) is -3.70. The van der Waals surface area contributed by atoms with E-state index in [1.165, 1.54) is 18.2 Å². The highest BCUT2D eigenvalue weighted by Crippen LogP contribution is 2.21. The molecule has 0 saturated carbocycles. The second kappa shape index (κ2) is 8.31. The van der Waals surface area contributed by atoms with E-state index in [0.717, 1.165) is 6.42 Å². The van der Waals surface area contributed by atoms with Gasteiger partial charge in [-0.15, -0.1) is 0 Å². The summed E-state index contributed by atoms with van der Waals surface area (Å²) in [6.45, 7) is 8.96. The third kappa shape index (κ3) is 6.19. The van der Waals surface area contributed by atoms with Gasteiger partial charge >= 0.3 is 5.97 Å². The molecule has 0 heterocycles. The van der Waals surface area contributed by atoms with E-state index in [1.54, 1.807) is 0 Å². The van der Waals surface area contributed by atoms with E-state index < -0.39 is 16.0 Å². The van der Waals surface area contributed by atoms with Crippen molar-refractivity contribution in [3.8, 4) is 0 Å². The molecule has 0 radical (unpaired) electrons. The molecular weight excluding hydrogens is 316 g/mol. The van der Waals surface area contributed by atoms with Gasteiger partial charge in [0.25, 0.3) is 0 Å². The Morgan fingerprint density at radius 3 is 2.35 bits per heavy atom. The minimum absolute atomic E-state index is 0.0336. The number of carboxylic acid groups (broad SMARTS) is 1. The predicted octanol–water partition coefficient (Wildman–Crippen LogP) is 2.78. The molecule has 1 aromatic carbocycles. The van der Waals surface area contributed by atoms with Crippen LogP contribution in [-0.2, 0) is 10.0 Å². The summed E-state index contributed by atoms with van der Waals surface area (Å²) in [5.41, 5.74) is 0.379. The first-order chi connectivity index (χ1) is 10.6. The molecule has 0 aromatic heterocycles. The van der Waals surface area contributed by atoms with Gasteiger partial charge in [-0.2, -0.15) is 0 Å². The summed E-state index contributed by atoms with van der Waals surface area (Å²) in [4.78, 5) is 11.4. The Kier molecular flexibility index (Phi) is 7.02. The molecule has 0 bridgehead atoms. The molecule has 0 atom stereocenters. The Hall–Kier alpha value is -1.60. The number of carboxylic acids is 1. The number of carbonyl (C=O) groups is 1. The molecule has 0 amide bonds. The first-order valence-corrected chi connectivity index (χ1v) is 9.22. The zero-order valence-corrected chi connectivity index (χ0v) is 14.9. The minimum atomic E-state index is -3.70. The molecule has 23 heavy (non-hydrogen) atoms. The van der Waals surface area contributed by atoms with E-state index in [1.807, 2.05) is 27.7 Å². The number of benzene rings is 1. The molecule has 0 spiro atoms. The van der Waals surface area contributed by atoms with Crippen LogP contribution in [0.25, 0.3) is 0 Å². The molecule has 1 rings (SSSR count). The van der Waals surface area contributed by atoms with E-state index in [-0.39, 0.29) is 10.5 Å². The molecule has 0 aliphatic rings. The van der Waals surface area contributed by atoms with Gasteiger partial charge in [0.05, 0.1) is 10.5 Å². The van der Waals surface area contributed by atoms with Crippen molar-refractivity contribution in [2.24, 2.45) is 11.8 Å². The van der Waals surface area contributed by atoms with Gasteiger partial charge in [-0.05, 0) is 36.5 Å². The Morgan fingerprint density at radius 2 is 1.83 bits per heavy atom. The summed E-state index contributed by atoms with van der Waals surface area (Å²) in [6.07, 6.45) is 0.721. The van der Waals surface area contributed by atoms with Gasteiger partial charge in [-0.1, -0.05) is 27.7 Å². The van der Waals surface area contributed by atoms with Crippen molar-refractivity contribution < 1.29 is 18.3 Å². The number of hydrogen-bond acceptors (Lipinski definition) is 4. The third-order valence-corrected chi connectivity index (χ3v) is 4.70. The van der Waals surface area contributed by atoms with Crippen molar-refractivity contribution >= 4 is 21.7 Å². The average Bonchev–Trinajstić information content (AvgIpc) is 2.44. The van der Waals surface area contributed by atoms with Crippen molar-refractivity contribution in [1.29, 1.82) is 0 Å². The molecular formula is C16H26N2O4S. The molecule has 0 unspecified atom stereocenters. The lowest BCUT2D eigenvalue weighted by molar-refractivity contribution is 0.0697. The number of hydrogen-bond donors (Lipinski definition) is 3. The van der Waals surface area contributed by atoms with Crippen LogP contribution in [0.5, 0.6) is 0 Å². The van der Waals surface area contributed by atoms with Gasteiger partial charge < -0.3 is 10.4 Å². The molecule has 1 aromatic rings. The highest BCUT2D eigenvalue weighted by atomic mass is 32.2. The van der Waals surface area contributed by atoms with E-state index in [2.05, 4.69) is 10.0 Å². The smallest absolute Gasteiger partial charge is 0.337 e. The fraction of sp³-hybridized carbons (Fsp3) is 0.562. The van der Waals surface area contributed by atoms with E-state index in [9.17, 15) is 18.3 Å². The number of nitrogens with one attached hydrogen (secondary N) is 2. The molecule has 0 aliphatic heterocycles. The second-order valence-corrected chi connectivity index (χ2v) is 8.13. The fourth-order valence-corrected chi connectivity index (χ4v) is 2.97. The zero-order valence-electron chi connectivity index (χ0n) is 14.1. The maximum atomic E-state index is 12.2. The molecule has 3 N–H and O–H groups in total. The van der Waals surface area contributed by atoms with Gasteiger partial charge in [-0.25, -0.2) is 17.9 Å². The van der Waals surface area contributed by atoms with Crippen LogP contribution in [0.1, 0.15) is 44.5 Å². The number of aromatic carboxylic acids is 1. The van der Waals surface area contributed by atoms with E-state index in [4.69, 9.17) is 0 Å². The lowest BCUT2D eigenvalue weighted by Crippen LogP contribution is -2.26.